The molecule has 1 heterocycles. The molecular weight excluding hydrogens is 170 g/mol. The minimum Gasteiger partial charge on any atom is -0.396 e. The highest BCUT2D eigenvalue weighted by Crippen LogP contribution is 2.01. The number of hydrogen-bond donors (Lipinski definition) is 3. The lowest BCUT2D eigenvalue weighted by atomic mass is 10.2. The number of aromatic amines is 1. The van der Waals surface area contributed by atoms with Crippen molar-refractivity contribution in [2.75, 3.05) is 19.0 Å². The van der Waals surface area contributed by atoms with Gasteiger partial charge >= 0.3 is 0 Å². The highest BCUT2D eigenvalue weighted by molar-refractivity contribution is 5.28. The van der Waals surface area contributed by atoms with E-state index >= 15 is 0 Å². The van der Waals surface area contributed by atoms with Gasteiger partial charge in [-0.25, -0.2) is 4.98 Å². The molecule has 1 rings (SSSR count). The number of rotatable bonds is 3. The predicted octanol–water partition coefficient (Wildman–Crippen LogP) is -0.345. The Kier molecular flexibility index (Phi) is 3.02. The second-order valence-corrected chi connectivity index (χ2v) is 2.70. The van der Waals surface area contributed by atoms with Crippen LogP contribution in [0.5, 0.6) is 0 Å². The first kappa shape index (κ1) is 9.73. The van der Waals surface area contributed by atoms with Crippen LogP contribution in [0.3, 0.4) is 0 Å². The van der Waals surface area contributed by atoms with Crippen molar-refractivity contribution in [1.29, 1.82) is 0 Å². The maximum absolute atomic E-state index is 11.4. The topological polar surface area (TPSA) is 78.0 Å². The lowest BCUT2D eigenvalue weighted by Gasteiger charge is -2.04. The molecule has 72 valence electrons. The first-order valence-electron chi connectivity index (χ1n) is 4.07. The molecule has 0 bridgehead atoms. The summed E-state index contributed by atoms with van der Waals surface area (Å²) in [7, 11) is 1.68. The Morgan fingerprint density at radius 3 is 2.77 bits per heavy atom. The number of anilines is 1. The quantitative estimate of drug-likeness (QED) is 0.598. The standard InChI is InChI=1S/C8H13N3O2/c1-5-6(3-4-12)7(13)11-8(9-2)10-5/h12H,3-4H2,1-2H3,(H2,9,10,11,13). The summed E-state index contributed by atoms with van der Waals surface area (Å²) in [5.74, 6) is 0.448. The summed E-state index contributed by atoms with van der Waals surface area (Å²) < 4.78 is 0. The molecule has 0 atom stereocenters. The lowest BCUT2D eigenvalue weighted by Crippen LogP contribution is -2.19. The number of aryl methyl sites for hydroxylation is 1. The summed E-state index contributed by atoms with van der Waals surface area (Å²) in [5.41, 5.74) is 1.01. The molecule has 13 heavy (non-hydrogen) atoms. The summed E-state index contributed by atoms with van der Waals surface area (Å²) in [6.07, 6.45) is 0.345. The molecule has 0 spiro atoms. The molecule has 0 aliphatic carbocycles. The van der Waals surface area contributed by atoms with Crippen molar-refractivity contribution in [2.45, 2.75) is 13.3 Å². The Morgan fingerprint density at radius 1 is 1.62 bits per heavy atom. The molecule has 1 aromatic heterocycles. The van der Waals surface area contributed by atoms with Gasteiger partial charge in [0.05, 0.1) is 5.69 Å². The summed E-state index contributed by atoms with van der Waals surface area (Å²) in [5, 5.41) is 11.4. The summed E-state index contributed by atoms with van der Waals surface area (Å²) in [6, 6.07) is 0. The Hall–Kier alpha value is -1.36. The number of hydrogen-bond acceptors (Lipinski definition) is 4. The summed E-state index contributed by atoms with van der Waals surface area (Å²) >= 11 is 0. The monoisotopic (exact) mass is 183 g/mol. The van der Waals surface area contributed by atoms with Gasteiger partial charge in [0.25, 0.3) is 5.56 Å². The zero-order chi connectivity index (χ0) is 9.84. The molecule has 3 N–H and O–H groups in total. The third kappa shape index (κ3) is 2.06. The van der Waals surface area contributed by atoms with Crippen LogP contribution in [0, 0.1) is 6.92 Å². The minimum atomic E-state index is -0.189. The summed E-state index contributed by atoms with van der Waals surface area (Å²) in [4.78, 5) is 18.0. The maximum atomic E-state index is 11.4. The van der Waals surface area contributed by atoms with E-state index in [1.807, 2.05) is 0 Å². The van der Waals surface area contributed by atoms with Gasteiger partial charge in [-0.1, -0.05) is 0 Å². The molecule has 1 aromatic rings. The molecule has 0 radical (unpaired) electrons. The van der Waals surface area contributed by atoms with Gasteiger partial charge in [0.15, 0.2) is 0 Å². The second-order valence-electron chi connectivity index (χ2n) is 2.70. The largest absolute Gasteiger partial charge is 0.396 e. The number of H-pyrrole nitrogens is 1. The average molecular weight is 183 g/mol. The molecule has 0 aromatic carbocycles. The predicted molar refractivity (Wildman–Crippen MR) is 49.9 cm³/mol. The van der Waals surface area contributed by atoms with E-state index in [2.05, 4.69) is 15.3 Å². The van der Waals surface area contributed by atoms with Crippen molar-refractivity contribution in [3.05, 3.63) is 21.6 Å². The zero-order valence-electron chi connectivity index (χ0n) is 7.72. The van der Waals surface area contributed by atoms with Crippen LogP contribution in [0.2, 0.25) is 0 Å². The van der Waals surface area contributed by atoms with Crippen LogP contribution < -0.4 is 10.9 Å². The zero-order valence-corrected chi connectivity index (χ0v) is 7.72. The number of aliphatic hydroxyl groups is 1. The number of aliphatic hydroxyl groups excluding tert-OH is 1. The molecule has 0 aliphatic rings. The molecule has 0 saturated carbocycles. The van der Waals surface area contributed by atoms with E-state index in [0.29, 0.717) is 23.6 Å². The van der Waals surface area contributed by atoms with Crippen LogP contribution in [0.4, 0.5) is 5.95 Å². The van der Waals surface area contributed by atoms with E-state index in [9.17, 15) is 4.79 Å². The van der Waals surface area contributed by atoms with Crippen LogP contribution in [-0.2, 0) is 6.42 Å². The van der Waals surface area contributed by atoms with Gasteiger partial charge in [-0.05, 0) is 6.92 Å². The normalized spacial score (nSPS) is 10.1. The van der Waals surface area contributed by atoms with Gasteiger partial charge in [-0.2, -0.15) is 0 Å². The van der Waals surface area contributed by atoms with E-state index in [1.54, 1.807) is 14.0 Å². The summed E-state index contributed by atoms with van der Waals surface area (Å²) in [6.45, 7) is 1.71. The fourth-order valence-electron chi connectivity index (χ4n) is 1.14. The van der Waals surface area contributed by atoms with Crippen molar-refractivity contribution in [1.82, 2.24) is 9.97 Å². The third-order valence-electron chi connectivity index (χ3n) is 1.82. The van der Waals surface area contributed by atoms with E-state index in [-0.39, 0.29) is 12.2 Å². The SMILES string of the molecule is CNc1nc(C)c(CCO)c(=O)[nH]1. The lowest BCUT2D eigenvalue weighted by molar-refractivity contribution is 0.298. The first-order chi connectivity index (χ1) is 6.19. The van der Waals surface area contributed by atoms with Crippen molar-refractivity contribution < 1.29 is 5.11 Å². The molecule has 0 aliphatic heterocycles. The van der Waals surface area contributed by atoms with Crippen molar-refractivity contribution in [3.8, 4) is 0 Å². The Balaban J connectivity index is 3.15. The minimum absolute atomic E-state index is 0.0372. The van der Waals surface area contributed by atoms with Gasteiger partial charge < -0.3 is 10.4 Å². The van der Waals surface area contributed by atoms with Crippen molar-refractivity contribution in [3.63, 3.8) is 0 Å². The molecule has 0 amide bonds. The number of nitrogens with one attached hydrogen (secondary N) is 2. The van der Waals surface area contributed by atoms with Gasteiger partial charge in [0.1, 0.15) is 0 Å². The molecular formula is C8H13N3O2. The van der Waals surface area contributed by atoms with Crippen molar-refractivity contribution >= 4 is 5.95 Å². The fourth-order valence-corrected chi connectivity index (χ4v) is 1.14. The number of aromatic nitrogens is 2. The van der Waals surface area contributed by atoms with Crippen LogP contribution in [-0.4, -0.2) is 28.7 Å². The van der Waals surface area contributed by atoms with E-state index in [1.165, 1.54) is 0 Å². The van der Waals surface area contributed by atoms with Gasteiger partial charge in [-0.15, -0.1) is 0 Å². The van der Waals surface area contributed by atoms with Crippen LogP contribution in [0.15, 0.2) is 4.79 Å². The Labute approximate surface area is 75.8 Å². The average Bonchev–Trinajstić information content (AvgIpc) is 2.11. The molecule has 0 saturated heterocycles. The van der Waals surface area contributed by atoms with Crippen LogP contribution >= 0.6 is 0 Å². The van der Waals surface area contributed by atoms with Crippen LogP contribution in [0.1, 0.15) is 11.3 Å². The fraction of sp³-hybridized carbons (Fsp3) is 0.500. The van der Waals surface area contributed by atoms with E-state index < -0.39 is 0 Å². The van der Waals surface area contributed by atoms with Gasteiger partial charge in [0.2, 0.25) is 5.95 Å². The molecule has 0 fully saturated rings. The molecule has 0 unspecified atom stereocenters. The molecule has 5 heteroatoms. The van der Waals surface area contributed by atoms with E-state index in [0.717, 1.165) is 0 Å². The second kappa shape index (κ2) is 4.04. The Morgan fingerprint density at radius 2 is 2.31 bits per heavy atom. The highest BCUT2D eigenvalue weighted by atomic mass is 16.3. The van der Waals surface area contributed by atoms with Gasteiger partial charge in [0, 0.05) is 25.6 Å². The molecule has 5 nitrogen and oxygen atoms in total. The Bertz CT molecular complexity index is 346. The first-order valence-corrected chi connectivity index (χ1v) is 4.07. The third-order valence-corrected chi connectivity index (χ3v) is 1.82. The maximum Gasteiger partial charge on any atom is 0.255 e. The van der Waals surface area contributed by atoms with Crippen molar-refractivity contribution in [2.24, 2.45) is 0 Å². The van der Waals surface area contributed by atoms with Crippen LogP contribution in [0.25, 0.3) is 0 Å². The van der Waals surface area contributed by atoms with E-state index in [4.69, 9.17) is 5.11 Å². The smallest absolute Gasteiger partial charge is 0.255 e. The number of nitrogens with zero attached hydrogens (tertiary/aromatic N) is 1. The highest BCUT2D eigenvalue weighted by Gasteiger charge is 2.05. The van der Waals surface area contributed by atoms with Gasteiger partial charge in [-0.3, -0.25) is 9.78 Å².